The van der Waals surface area contributed by atoms with E-state index in [0.717, 1.165) is 10.4 Å². The number of urea groups is 1. The molecule has 11 nitrogen and oxygen atoms in total. The number of hydrogen-bond acceptors (Lipinski definition) is 7. The van der Waals surface area contributed by atoms with Crippen molar-refractivity contribution in [1.29, 1.82) is 0 Å². The molecule has 0 aliphatic carbocycles. The van der Waals surface area contributed by atoms with Gasteiger partial charge in [0.25, 0.3) is 11.8 Å². The number of fused-ring (bicyclic) bond motifs is 1. The number of rotatable bonds is 8. The third kappa shape index (κ3) is 6.69. The highest BCUT2D eigenvalue weighted by Gasteiger charge is 2.31. The van der Waals surface area contributed by atoms with Gasteiger partial charge in [-0.15, -0.1) is 11.3 Å². The van der Waals surface area contributed by atoms with Gasteiger partial charge >= 0.3 is 6.03 Å². The van der Waals surface area contributed by atoms with Gasteiger partial charge in [0.2, 0.25) is 15.9 Å². The summed E-state index contributed by atoms with van der Waals surface area (Å²) < 4.78 is 28.0. The van der Waals surface area contributed by atoms with Crippen molar-refractivity contribution >= 4 is 50.1 Å². The van der Waals surface area contributed by atoms with Crippen LogP contribution in [0.5, 0.6) is 0 Å². The molecule has 42 heavy (non-hydrogen) atoms. The second kappa shape index (κ2) is 12.8. The number of benzene rings is 2. The van der Waals surface area contributed by atoms with Crippen molar-refractivity contribution in [2.24, 2.45) is 0 Å². The zero-order chi connectivity index (χ0) is 30.6. The van der Waals surface area contributed by atoms with Crippen LogP contribution in [0.25, 0.3) is 0 Å². The highest BCUT2D eigenvalue weighted by molar-refractivity contribution is 7.89. The number of carbonyl (C=O) groups is 4. The Balaban J connectivity index is 1.58. The van der Waals surface area contributed by atoms with Crippen LogP contribution in [0.1, 0.15) is 50.6 Å². The Kier molecular flexibility index (Phi) is 9.44. The zero-order valence-corrected chi connectivity index (χ0v) is 25.5. The first-order valence-corrected chi connectivity index (χ1v) is 15.6. The lowest BCUT2D eigenvalue weighted by Crippen LogP contribution is -2.39. The summed E-state index contributed by atoms with van der Waals surface area (Å²) in [4.78, 5) is 54.3. The van der Waals surface area contributed by atoms with E-state index >= 15 is 0 Å². The Bertz CT molecular complexity index is 1600. The molecule has 2 heterocycles. The number of sulfonamides is 1. The summed E-state index contributed by atoms with van der Waals surface area (Å²) in [6.07, 6.45) is 0.393. The molecule has 0 fully saturated rings. The lowest BCUT2D eigenvalue weighted by Gasteiger charge is -2.26. The number of hydrogen-bond donors (Lipinski definition) is 2. The van der Waals surface area contributed by atoms with Crippen LogP contribution >= 0.6 is 11.3 Å². The fourth-order valence-corrected chi connectivity index (χ4v) is 7.22. The Morgan fingerprint density at radius 3 is 2.24 bits per heavy atom. The van der Waals surface area contributed by atoms with Crippen LogP contribution < -0.4 is 10.6 Å². The van der Waals surface area contributed by atoms with Crippen molar-refractivity contribution in [3.05, 3.63) is 81.7 Å². The van der Waals surface area contributed by atoms with Crippen molar-refractivity contribution in [2.75, 3.05) is 32.5 Å². The van der Waals surface area contributed by atoms with Gasteiger partial charge < -0.3 is 15.1 Å². The molecule has 3 aromatic rings. The number of nitrogens with zero attached hydrogens (tertiary/aromatic N) is 3. The predicted octanol–water partition coefficient (Wildman–Crippen LogP) is 3.53. The van der Waals surface area contributed by atoms with Crippen molar-refractivity contribution in [2.45, 2.75) is 38.3 Å². The molecule has 0 spiro atoms. The molecule has 1 aliphatic rings. The van der Waals surface area contributed by atoms with E-state index in [2.05, 4.69) is 10.6 Å². The van der Waals surface area contributed by atoms with Crippen molar-refractivity contribution < 1.29 is 27.6 Å². The largest absolute Gasteiger partial charge is 0.337 e. The summed E-state index contributed by atoms with van der Waals surface area (Å²) in [5.74, 6) is -1.31. The van der Waals surface area contributed by atoms with Crippen LogP contribution in [0, 0.1) is 0 Å². The molecule has 1 aliphatic heterocycles. The first-order chi connectivity index (χ1) is 19.9. The number of thiophene rings is 1. The van der Waals surface area contributed by atoms with Crippen LogP contribution in [0.3, 0.4) is 0 Å². The Hall–Kier alpha value is -4.07. The SMILES string of the molecule is CCN(Cc1ccccc1)S(=O)(=O)c1ccc(C(=O)Nc2sc3c(c2C(=O)NC(=O)N(C)C)CCN(C(C)=O)C3)cc1. The fourth-order valence-electron chi connectivity index (χ4n) is 4.53. The van der Waals surface area contributed by atoms with Crippen molar-refractivity contribution in [1.82, 2.24) is 19.4 Å². The maximum atomic E-state index is 13.3. The van der Waals surface area contributed by atoms with E-state index in [1.165, 1.54) is 65.8 Å². The van der Waals surface area contributed by atoms with E-state index in [1.807, 2.05) is 30.3 Å². The van der Waals surface area contributed by atoms with E-state index in [1.54, 1.807) is 11.8 Å². The third-order valence-corrected chi connectivity index (χ3v) is 9.96. The monoisotopic (exact) mass is 611 g/mol. The molecular formula is C29H33N5O6S2. The maximum absolute atomic E-state index is 13.3. The van der Waals surface area contributed by atoms with Gasteiger partial charge in [-0.1, -0.05) is 37.3 Å². The summed E-state index contributed by atoms with van der Waals surface area (Å²) in [6.45, 7) is 4.41. The van der Waals surface area contributed by atoms with Gasteiger partial charge in [0.1, 0.15) is 5.00 Å². The van der Waals surface area contributed by atoms with Gasteiger partial charge in [0, 0.05) is 51.1 Å². The minimum absolute atomic E-state index is 0.0509. The van der Waals surface area contributed by atoms with Crippen LogP contribution in [-0.4, -0.2) is 73.5 Å². The molecule has 0 atom stereocenters. The lowest BCUT2D eigenvalue weighted by atomic mass is 10.0. The molecule has 0 radical (unpaired) electrons. The number of nitrogens with one attached hydrogen (secondary N) is 2. The van der Waals surface area contributed by atoms with Crippen LogP contribution in [0.4, 0.5) is 9.80 Å². The molecule has 4 rings (SSSR count). The molecule has 5 amide bonds. The van der Waals surface area contributed by atoms with E-state index in [4.69, 9.17) is 0 Å². The summed E-state index contributed by atoms with van der Waals surface area (Å²) in [6, 6.07) is 14.3. The number of amides is 5. The molecule has 0 saturated heterocycles. The zero-order valence-electron chi connectivity index (χ0n) is 23.8. The summed E-state index contributed by atoms with van der Waals surface area (Å²) in [7, 11) is -0.810. The van der Waals surface area contributed by atoms with Gasteiger partial charge in [-0.2, -0.15) is 4.31 Å². The van der Waals surface area contributed by atoms with Gasteiger partial charge in [-0.25, -0.2) is 13.2 Å². The molecule has 0 saturated carbocycles. The average molecular weight is 612 g/mol. The first kappa shape index (κ1) is 30.9. The molecule has 222 valence electrons. The maximum Gasteiger partial charge on any atom is 0.323 e. The molecule has 0 unspecified atom stereocenters. The molecular weight excluding hydrogens is 578 g/mol. The van der Waals surface area contributed by atoms with Gasteiger partial charge in [0.05, 0.1) is 17.0 Å². The summed E-state index contributed by atoms with van der Waals surface area (Å²) in [5, 5.41) is 5.34. The molecule has 13 heteroatoms. The fraction of sp³-hybridized carbons (Fsp3) is 0.310. The average Bonchev–Trinajstić information content (AvgIpc) is 3.33. The molecule has 2 aromatic carbocycles. The Morgan fingerprint density at radius 1 is 0.976 bits per heavy atom. The van der Waals surface area contributed by atoms with Crippen LogP contribution in [0.15, 0.2) is 59.5 Å². The van der Waals surface area contributed by atoms with E-state index in [-0.39, 0.29) is 46.6 Å². The van der Waals surface area contributed by atoms with Crippen molar-refractivity contribution in [3.8, 4) is 0 Å². The topological polar surface area (TPSA) is 136 Å². The highest BCUT2D eigenvalue weighted by Crippen LogP contribution is 2.37. The second-order valence-corrected chi connectivity index (χ2v) is 13.0. The number of imide groups is 1. The van der Waals surface area contributed by atoms with Gasteiger partial charge in [-0.05, 0) is 41.8 Å². The first-order valence-electron chi connectivity index (χ1n) is 13.3. The molecule has 2 N–H and O–H groups in total. The highest BCUT2D eigenvalue weighted by atomic mass is 32.2. The van der Waals surface area contributed by atoms with Gasteiger partial charge in [-0.3, -0.25) is 19.7 Å². The smallest absolute Gasteiger partial charge is 0.323 e. The molecule has 1 aromatic heterocycles. The van der Waals surface area contributed by atoms with Crippen LogP contribution in [0.2, 0.25) is 0 Å². The minimum atomic E-state index is -3.82. The standard InChI is InChI=1S/C29H33N5O6S2/c1-5-34(17-20-9-7-6-8-10-20)42(39,40)22-13-11-21(12-14-22)26(36)30-28-25(27(37)31-29(38)32(3)4)23-15-16-33(19(2)35)18-24(23)41-28/h6-14H,5,15-18H2,1-4H3,(H,30,36)(H,31,37,38). The second-order valence-electron chi connectivity index (χ2n) is 9.95. The third-order valence-electron chi connectivity index (χ3n) is 6.89. The van der Waals surface area contributed by atoms with Crippen molar-refractivity contribution in [3.63, 3.8) is 0 Å². The Labute approximate surface area is 249 Å². The lowest BCUT2D eigenvalue weighted by molar-refractivity contribution is -0.129. The normalized spacial score (nSPS) is 12.9. The van der Waals surface area contributed by atoms with E-state index < -0.39 is 27.9 Å². The summed E-state index contributed by atoms with van der Waals surface area (Å²) >= 11 is 1.17. The van der Waals surface area contributed by atoms with E-state index in [9.17, 15) is 27.6 Å². The number of anilines is 1. The van der Waals surface area contributed by atoms with Gasteiger partial charge in [0.15, 0.2) is 0 Å². The summed E-state index contributed by atoms with van der Waals surface area (Å²) in [5.41, 5.74) is 1.90. The number of carbonyl (C=O) groups excluding carboxylic acids is 4. The quantitative estimate of drug-likeness (QED) is 0.400. The Morgan fingerprint density at radius 2 is 1.64 bits per heavy atom. The minimum Gasteiger partial charge on any atom is -0.337 e. The van der Waals surface area contributed by atoms with Crippen LogP contribution in [-0.2, 0) is 34.3 Å². The van der Waals surface area contributed by atoms with E-state index in [0.29, 0.717) is 18.5 Å². The predicted molar refractivity (Wildman–Crippen MR) is 160 cm³/mol. The molecule has 0 bridgehead atoms.